The van der Waals surface area contributed by atoms with Gasteiger partial charge in [-0.1, -0.05) is 0 Å². The molecule has 0 saturated carbocycles. The number of allylic oxidation sites excluding steroid dienone is 2. The first kappa shape index (κ1) is 29.0. The molecule has 0 atom stereocenters. The number of hydrogen-bond acceptors (Lipinski definition) is 1. The van der Waals surface area contributed by atoms with Gasteiger partial charge in [0.1, 0.15) is 0 Å². The summed E-state index contributed by atoms with van der Waals surface area (Å²) in [6.07, 6.45) is -19.4. The Bertz CT molecular complexity index is 597. The molecule has 0 aliphatic carbocycles. The van der Waals surface area contributed by atoms with Crippen LogP contribution in [0.5, 0.6) is 0 Å². The van der Waals surface area contributed by atoms with Gasteiger partial charge in [-0.3, -0.25) is 0 Å². The third kappa shape index (κ3) is 7.59. The number of rotatable bonds is 4. The van der Waals surface area contributed by atoms with E-state index in [0.29, 0.717) is 0 Å². The van der Waals surface area contributed by atoms with Gasteiger partial charge in [0.15, 0.2) is 0 Å². The van der Waals surface area contributed by atoms with Crippen molar-refractivity contribution in [2.45, 2.75) is 24.2 Å². The third-order valence-electron chi connectivity index (χ3n) is 1.93. The molecule has 0 aliphatic rings. The minimum Gasteiger partial charge on any atom is -0.400 e. The highest BCUT2D eigenvalue weighted by Crippen LogP contribution is 2.45. The minimum atomic E-state index is -6.80. The molecule has 172 valence electrons. The molecule has 0 rings (SSSR count). The molecule has 0 radical (unpaired) electrons. The summed E-state index contributed by atoms with van der Waals surface area (Å²) in [6.45, 7) is 0. The molecule has 0 bridgehead atoms. The standard InChI is InChI=1S/C8F14O.C2F4/c9-1(5(13,14)7(17,18)19)3(11)23-4(12)2(10)6(15,16)8(20,21)22;3-1(4)2(5)6. The van der Waals surface area contributed by atoms with Crippen molar-refractivity contribution >= 4 is 0 Å². The maximum Gasteiger partial charge on any atom is 0.460 e. The van der Waals surface area contributed by atoms with E-state index in [1.165, 1.54) is 0 Å². The lowest BCUT2D eigenvalue weighted by Crippen LogP contribution is -2.38. The fourth-order valence-electron chi connectivity index (χ4n) is 0.664. The number of hydrogen-bond donors (Lipinski definition) is 0. The molecule has 0 amide bonds. The molecule has 0 aromatic heterocycles. The Hall–Kier alpha value is -2.24. The molecule has 0 aromatic carbocycles. The zero-order valence-corrected chi connectivity index (χ0v) is 12.2. The van der Waals surface area contributed by atoms with Crippen LogP contribution in [-0.2, 0) is 4.74 Å². The fraction of sp³-hybridized carbons (Fsp3) is 0.400. The monoisotopic (exact) mass is 478 g/mol. The molecule has 0 spiro atoms. The van der Waals surface area contributed by atoms with Crippen molar-refractivity contribution < 1.29 is 83.8 Å². The lowest BCUT2D eigenvalue weighted by molar-refractivity contribution is -0.273. The van der Waals surface area contributed by atoms with Crippen molar-refractivity contribution in [1.82, 2.24) is 0 Å². The summed E-state index contributed by atoms with van der Waals surface area (Å²) >= 11 is 0. The molecule has 0 aromatic rings. The van der Waals surface area contributed by atoms with Crippen LogP contribution >= 0.6 is 0 Å². The molecule has 0 fully saturated rings. The van der Waals surface area contributed by atoms with E-state index < -0.39 is 60.0 Å². The highest BCUT2D eigenvalue weighted by atomic mass is 19.4. The smallest absolute Gasteiger partial charge is 0.400 e. The van der Waals surface area contributed by atoms with Crippen LogP contribution < -0.4 is 0 Å². The van der Waals surface area contributed by atoms with Crippen molar-refractivity contribution in [3.05, 3.63) is 35.8 Å². The van der Waals surface area contributed by atoms with Gasteiger partial charge in [-0.2, -0.15) is 79.0 Å². The van der Waals surface area contributed by atoms with E-state index in [1.54, 1.807) is 0 Å². The second-order valence-corrected chi connectivity index (χ2v) is 3.94. The molecule has 19 heteroatoms. The van der Waals surface area contributed by atoms with Gasteiger partial charge in [0.2, 0.25) is 0 Å². The topological polar surface area (TPSA) is 9.23 Å². The van der Waals surface area contributed by atoms with Gasteiger partial charge in [-0.15, -0.1) is 0 Å². The van der Waals surface area contributed by atoms with Crippen molar-refractivity contribution in [1.29, 1.82) is 0 Å². The van der Waals surface area contributed by atoms with Gasteiger partial charge in [0.25, 0.3) is 11.7 Å². The molecule has 0 aliphatic heterocycles. The zero-order valence-electron chi connectivity index (χ0n) is 12.2. The predicted molar refractivity (Wildman–Crippen MR) is 53.0 cm³/mol. The molecular formula is C10F18O. The summed E-state index contributed by atoms with van der Waals surface area (Å²) in [6, 6.07) is -7.84. The van der Waals surface area contributed by atoms with Crippen LogP contribution in [-0.4, -0.2) is 24.2 Å². The molecule has 0 heterocycles. The molecular weight excluding hydrogens is 478 g/mol. The quantitative estimate of drug-likeness (QED) is 0.299. The Labute approximate surface area is 145 Å². The Morgan fingerprint density at radius 3 is 0.759 bits per heavy atom. The van der Waals surface area contributed by atoms with Gasteiger partial charge in [-0.25, -0.2) is 0 Å². The van der Waals surface area contributed by atoms with Crippen LogP contribution in [0.2, 0.25) is 0 Å². The predicted octanol–water partition coefficient (Wildman–Crippen LogP) is 7.61. The van der Waals surface area contributed by atoms with E-state index in [4.69, 9.17) is 0 Å². The molecule has 1 nitrogen and oxygen atoms in total. The molecule has 29 heavy (non-hydrogen) atoms. The van der Waals surface area contributed by atoms with E-state index in [1.807, 2.05) is 0 Å². The van der Waals surface area contributed by atoms with Crippen molar-refractivity contribution in [2.75, 3.05) is 0 Å². The van der Waals surface area contributed by atoms with Gasteiger partial charge in [0.05, 0.1) is 0 Å². The first-order valence-corrected chi connectivity index (χ1v) is 5.56. The lowest BCUT2D eigenvalue weighted by atomic mass is 10.3. The van der Waals surface area contributed by atoms with E-state index >= 15 is 0 Å². The average Bonchev–Trinajstić information content (AvgIpc) is 2.51. The SMILES string of the molecule is FC(F)=C(F)F.FC(OC(F)=C(F)C(F)(F)C(F)(F)F)=C(F)C(F)(F)C(F)(F)F. The average molecular weight is 478 g/mol. The van der Waals surface area contributed by atoms with Crippen molar-refractivity contribution in [3.63, 3.8) is 0 Å². The third-order valence-corrected chi connectivity index (χ3v) is 1.93. The summed E-state index contributed by atoms with van der Waals surface area (Å²) in [4.78, 5) is 0. The summed E-state index contributed by atoms with van der Waals surface area (Å²) in [5, 5.41) is 0. The van der Waals surface area contributed by atoms with Gasteiger partial charge in [-0.05, 0) is 0 Å². The number of ether oxygens (including phenoxy) is 1. The minimum absolute atomic E-state index is 2.25. The maximum atomic E-state index is 12.5. The number of alkyl halides is 10. The fourth-order valence-corrected chi connectivity index (χ4v) is 0.664. The Morgan fingerprint density at radius 2 is 0.621 bits per heavy atom. The second kappa shape index (κ2) is 9.51. The van der Waals surface area contributed by atoms with Crippen LogP contribution in [0.25, 0.3) is 0 Å². The highest BCUT2D eigenvalue weighted by molar-refractivity contribution is 5.13. The van der Waals surface area contributed by atoms with Crippen LogP contribution in [0.15, 0.2) is 35.8 Å². The van der Waals surface area contributed by atoms with E-state index in [0.717, 1.165) is 0 Å². The second-order valence-electron chi connectivity index (χ2n) is 3.94. The summed E-state index contributed by atoms with van der Waals surface area (Å²) in [5.74, 6) is -21.8. The lowest BCUT2D eigenvalue weighted by Gasteiger charge is -2.19. The van der Waals surface area contributed by atoms with E-state index in [2.05, 4.69) is 4.74 Å². The van der Waals surface area contributed by atoms with Gasteiger partial charge in [0, 0.05) is 0 Å². The van der Waals surface area contributed by atoms with E-state index in [-0.39, 0.29) is 0 Å². The first-order chi connectivity index (χ1) is 12.5. The summed E-state index contributed by atoms with van der Waals surface area (Å²) in [7, 11) is 0. The van der Waals surface area contributed by atoms with Crippen LogP contribution in [0, 0.1) is 0 Å². The van der Waals surface area contributed by atoms with E-state index in [9.17, 15) is 79.0 Å². The zero-order chi connectivity index (χ0) is 24.2. The number of halogens is 18. The summed E-state index contributed by atoms with van der Waals surface area (Å²) < 4.78 is 212. The maximum absolute atomic E-state index is 12.5. The van der Waals surface area contributed by atoms with Crippen molar-refractivity contribution in [2.24, 2.45) is 0 Å². The van der Waals surface area contributed by atoms with Crippen LogP contribution in [0.3, 0.4) is 0 Å². The van der Waals surface area contributed by atoms with Crippen LogP contribution in [0.4, 0.5) is 79.0 Å². The summed E-state index contributed by atoms with van der Waals surface area (Å²) in [5.41, 5.74) is 0. The van der Waals surface area contributed by atoms with Crippen molar-refractivity contribution in [3.8, 4) is 0 Å². The molecule has 0 N–H and O–H groups in total. The Kier molecular flexibility index (Phi) is 9.49. The normalized spacial score (nSPS) is 15.0. The van der Waals surface area contributed by atoms with Gasteiger partial charge >= 0.3 is 48.4 Å². The van der Waals surface area contributed by atoms with Crippen LogP contribution in [0.1, 0.15) is 0 Å². The molecule has 0 saturated heterocycles. The first-order valence-electron chi connectivity index (χ1n) is 5.56. The van der Waals surface area contributed by atoms with Gasteiger partial charge < -0.3 is 4.74 Å². The highest BCUT2D eigenvalue weighted by Gasteiger charge is 2.64. The Morgan fingerprint density at radius 1 is 0.414 bits per heavy atom. The Balaban J connectivity index is 0. The molecule has 0 unspecified atom stereocenters. The largest absolute Gasteiger partial charge is 0.460 e.